The predicted octanol–water partition coefficient (Wildman–Crippen LogP) is 1.96. The molecule has 108 valence electrons. The number of pyridine rings is 1. The van der Waals surface area contributed by atoms with Crippen molar-refractivity contribution in [3.8, 4) is 0 Å². The number of halogens is 1. The van der Waals surface area contributed by atoms with Crippen molar-refractivity contribution in [1.29, 1.82) is 0 Å². The maximum atomic E-state index is 13.7. The third kappa shape index (κ3) is 3.73. The van der Waals surface area contributed by atoms with E-state index in [1.54, 1.807) is 36.5 Å². The Morgan fingerprint density at radius 1 is 1.38 bits per heavy atom. The van der Waals surface area contributed by atoms with Gasteiger partial charge in [-0.05, 0) is 42.5 Å². The van der Waals surface area contributed by atoms with E-state index in [0.717, 1.165) is 11.8 Å². The Labute approximate surface area is 126 Å². The van der Waals surface area contributed by atoms with Crippen LogP contribution in [0.2, 0.25) is 0 Å². The summed E-state index contributed by atoms with van der Waals surface area (Å²) in [6, 6.07) is 7.58. The third-order valence-electron chi connectivity index (χ3n) is 2.80. The molecule has 0 saturated carbocycles. The van der Waals surface area contributed by atoms with E-state index in [-0.39, 0.29) is 10.7 Å². The number of carbonyl (C=O) groups is 1. The molecule has 21 heavy (non-hydrogen) atoms. The molecular weight excluding hydrogens is 291 g/mol. The van der Waals surface area contributed by atoms with Gasteiger partial charge in [0.1, 0.15) is 5.82 Å². The fourth-order valence-electron chi connectivity index (χ4n) is 1.78. The third-order valence-corrected chi connectivity index (χ3v) is 2.90. The SMILES string of the molecule is CN(c1cccnc1)c1cc(F)cc(C(=O)NC(N)=S)c1. The highest BCUT2D eigenvalue weighted by molar-refractivity contribution is 7.80. The Hall–Kier alpha value is -2.54. The zero-order valence-corrected chi connectivity index (χ0v) is 12.0. The monoisotopic (exact) mass is 304 g/mol. The van der Waals surface area contributed by atoms with Crippen LogP contribution in [0.5, 0.6) is 0 Å². The van der Waals surface area contributed by atoms with E-state index < -0.39 is 11.7 Å². The first-order valence-electron chi connectivity index (χ1n) is 6.02. The van der Waals surface area contributed by atoms with Crippen molar-refractivity contribution in [3.05, 3.63) is 54.1 Å². The van der Waals surface area contributed by atoms with Gasteiger partial charge in [0.2, 0.25) is 0 Å². The van der Waals surface area contributed by atoms with Gasteiger partial charge >= 0.3 is 0 Å². The van der Waals surface area contributed by atoms with Gasteiger partial charge in [0, 0.05) is 24.5 Å². The minimum atomic E-state index is -0.553. The van der Waals surface area contributed by atoms with E-state index in [2.05, 4.69) is 22.5 Å². The molecule has 0 unspecified atom stereocenters. The van der Waals surface area contributed by atoms with Crippen LogP contribution >= 0.6 is 12.2 Å². The zero-order valence-electron chi connectivity index (χ0n) is 11.2. The van der Waals surface area contributed by atoms with Gasteiger partial charge in [-0.25, -0.2) is 4.39 Å². The summed E-state index contributed by atoms with van der Waals surface area (Å²) in [4.78, 5) is 17.6. The number of thiocarbonyl (C=S) groups is 1. The number of carbonyl (C=O) groups excluding carboxylic acids is 1. The fraction of sp³-hybridized carbons (Fsp3) is 0.0714. The highest BCUT2D eigenvalue weighted by Gasteiger charge is 2.12. The molecule has 0 aliphatic heterocycles. The number of nitrogens with zero attached hydrogens (tertiary/aromatic N) is 2. The Kier molecular flexibility index (Phi) is 4.44. The molecule has 2 rings (SSSR count). The van der Waals surface area contributed by atoms with Crippen molar-refractivity contribution >= 4 is 34.6 Å². The van der Waals surface area contributed by atoms with Crippen LogP contribution in [0.25, 0.3) is 0 Å². The van der Waals surface area contributed by atoms with E-state index in [4.69, 9.17) is 5.73 Å². The van der Waals surface area contributed by atoms with E-state index in [9.17, 15) is 9.18 Å². The lowest BCUT2D eigenvalue weighted by molar-refractivity contribution is 0.0977. The maximum absolute atomic E-state index is 13.7. The smallest absolute Gasteiger partial charge is 0.257 e. The molecule has 0 saturated heterocycles. The van der Waals surface area contributed by atoms with Gasteiger partial charge in [-0.1, -0.05) is 0 Å². The minimum Gasteiger partial charge on any atom is -0.376 e. The molecule has 1 heterocycles. The zero-order chi connectivity index (χ0) is 15.4. The van der Waals surface area contributed by atoms with Gasteiger partial charge in [0.25, 0.3) is 5.91 Å². The van der Waals surface area contributed by atoms with Crippen LogP contribution in [0.1, 0.15) is 10.4 Å². The van der Waals surface area contributed by atoms with E-state index in [0.29, 0.717) is 5.69 Å². The van der Waals surface area contributed by atoms with Crippen molar-refractivity contribution in [2.75, 3.05) is 11.9 Å². The number of rotatable bonds is 3. The van der Waals surface area contributed by atoms with Gasteiger partial charge in [0.05, 0.1) is 11.9 Å². The first kappa shape index (κ1) is 14.9. The highest BCUT2D eigenvalue weighted by Crippen LogP contribution is 2.24. The van der Waals surface area contributed by atoms with Crippen molar-refractivity contribution in [3.63, 3.8) is 0 Å². The number of amides is 1. The molecule has 1 aromatic carbocycles. The average Bonchev–Trinajstić information content (AvgIpc) is 2.46. The predicted molar refractivity (Wildman–Crippen MR) is 83.0 cm³/mol. The molecule has 7 heteroatoms. The Balaban J connectivity index is 2.35. The normalized spacial score (nSPS) is 10.0. The number of nitrogens with two attached hydrogens (primary N) is 1. The summed E-state index contributed by atoms with van der Waals surface area (Å²) in [7, 11) is 1.75. The molecule has 5 nitrogen and oxygen atoms in total. The molecule has 0 radical (unpaired) electrons. The number of hydrogen-bond acceptors (Lipinski definition) is 4. The summed E-state index contributed by atoms with van der Waals surface area (Å²) in [5.74, 6) is -1.08. The van der Waals surface area contributed by atoms with Crippen LogP contribution in [0.15, 0.2) is 42.7 Å². The van der Waals surface area contributed by atoms with Crippen molar-refractivity contribution in [1.82, 2.24) is 10.3 Å². The Morgan fingerprint density at radius 3 is 2.76 bits per heavy atom. The van der Waals surface area contributed by atoms with Crippen molar-refractivity contribution in [2.45, 2.75) is 0 Å². The Morgan fingerprint density at radius 2 is 2.14 bits per heavy atom. The van der Waals surface area contributed by atoms with Gasteiger partial charge in [-0.15, -0.1) is 0 Å². The lowest BCUT2D eigenvalue weighted by Gasteiger charge is -2.19. The summed E-state index contributed by atoms with van der Waals surface area (Å²) in [5.41, 5.74) is 6.66. The molecule has 0 bridgehead atoms. The lowest BCUT2D eigenvalue weighted by atomic mass is 10.1. The molecule has 0 aliphatic carbocycles. The summed E-state index contributed by atoms with van der Waals surface area (Å²) in [5, 5.41) is 2.10. The molecule has 1 amide bonds. The second-order valence-electron chi connectivity index (χ2n) is 4.29. The molecule has 2 aromatic rings. The summed E-state index contributed by atoms with van der Waals surface area (Å²) in [6.07, 6.45) is 3.28. The average molecular weight is 304 g/mol. The summed E-state index contributed by atoms with van der Waals surface area (Å²) < 4.78 is 13.7. The van der Waals surface area contributed by atoms with Crippen LogP contribution in [0.3, 0.4) is 0 Å². The van der Waals surface area contributed by atoms with E-state index >= 15 is 0 Å². The van der Waals surface area contributed by atoms with E-state index in [1.807, 2.05) is 6.07 Å². The first-order chi connectivity index (χ1) is 9.97. The van der Waals surface area contributed by atoms with Crippen LogP contribution in [-0.4, -0.2) is 23.1 Å². The molecule has 3 N–H and O–H groups in total. The number of hydrogen-bond donors (Lipinski definition) is 2. The van der Waals surface area contributed by atoms with Crippen LogP contribution in [0.4, 0.5) is 15.8 Å². The summed E-state index contributed by atoms with van der Waals surface area (Å²) in [6.45, 7) is 0. The van der Waals surface area contributed by atoms with E-state index in [1.165, 1.54) is 6.07 Å². The molecule has 0 aliphatic rings. The largest absolute Gasteiger partial charge is 0.376 e. The molecule has 1 aromatic heterocycles. The van der Waals surface area contributed by atoms with Gasteiger partial charge in [-0.2, -0.15) is 0 Å². The van der Waals surface area contributed by atoms with Crippen molar-refractivity contribution in [2.24, 2.45) is 5.73 Å². The number of anilines is 2. The second-order valence-corrected chi connectivity index (χ2v) is 4.73. The second kappa shape index (κ2) is 6.27. The highest BCUT2D eigenvalue weighted by atomic mass is 32.1. The standard InChI is InChI=1S/C14H13FN4OS/c1-19(11-3-2-4-17-8-11)12-6-9(5-10(15)7-12)13(20)18-14(16)21/h2-8H,1H3,(H3,16,18,20,21). The lowest BCUT2D eigenvalue weighted by Crippen LogP contribution is -2.34. The number of aromatic nitrogens is 1. The van der Waals surface area contributed by atoms with Gasteiger partial charge < -0.3 is 10.6 Å². The van der Waals surface area contributed by atoms with Crippen molar-refractivity contribution < 1.29 is 9.18 Å². The molecule has 0 spiro atoms. The molecular formula is C14H13FN4OS. The Bertz CT molecular complexity index is 678. The topological polar surface area (TPSA) is 71.2 Å². The van der Waals surface area contributed by atoms with Crippen LogP contribution in [0, 0.1) is 5.82 Å². The maximum Gasteiger partial charge on any atom is 0.257 e. The number of benzene rings is 1. The fourth-order valence-corrected chi connectivity index (χ4v) is 1.88. The quantitative estimate of drug-likeness (QED) is 0.848. The van der Waals surface area contributed by atoms with Crippen LogP contribution < -0.4 is 16.0 Å². The first-order valence-corrected chi connectivity index (χ1v) is 6.43. The number of nitrogens with one attached hydrogen (secondary N) is 1. The molecule has 0 atom stereocenters. The van der Waals surface area contributed by atoms with Gasteiger partial charge in [-0.3, -0.25) is 15.1 Å². The summed E-state index contributed by atoms with van der Waals surface area (Å²) >= 11 is 4.60. The molecule has 0 fully saturated rings. The van der Waals surface area contributed by atoms with Gasteiger partial charge in [0.15, 0.2) is 5.11 Å². The van der Waals surface area contributed by atoms with Crippen LogP contribution in [-0.2, 0) is 0 Å². The minimum absolute atomic E-state index is 0.133.